The van der Waals surface area contributed by atoms with Crippen LogP contribution in [-0.4, -0.2) is 39.4 Å². The molecular weight excluding hydrogens is 400 g/mol. The lowest BCUT2D eigenvalue weighted by Crippen LogP contribution is -2.34. The fraction of sp³-hybridized carbons (Fsp3) is 0.300. The molecule has 146 valence electrons. The zero-order chi connectivity index (χ0) is 19.7. The van der Waals surface area contributed by atoms with Crippen LogP contribution in [0.4, 0.5) is 8.78 Å². The molecule has 1 saturated heterocycles. The summed E-state index contributed by atoms with van der Waals surface area (Å²) in [5, 5.41) is 6.27. The normalized spacial score (nSPS) is 17.5. The van der Waals surface area contributed by atoms with Crippen molar-refractivity contribution < 1.29 is 13.6 Å². The van der Waals surface area contributed by atoms with Crippen molar-refractivity contribution in [2.75, 3.05) is 18.8 Å². The van der Waals surface area contributed by atoms with Gasteiger partial charge in [-0.2, -0.15) is 16.9 Å². The number of hydrogen-bond acceptors (Lipinski definition) is 4. The predicted molar refractivity (Wildman–Crippen MR) is 109 cm³/mol. The number of thiophene rings is 1. The predicted octanol–water partition coefficient (Wildman–Crippen LogP) is 4.75. The summed E-state index contributed by atoms with van der Waals surface area (Å²) in [5.74, 6) is -0.253. The SMILES string of the molecule is Cn1nc(-c2cccs2)cc1C(=O)N1CCS[C@@H](c2cc(F)ccc2F)CC1. The maximum atomic E-state index is 14.1. The van der Waals surface area contributed by atoms with E-state index in [2.05, 4.69) is 5.10 Å². The number of thioether (sulfide) groups is 1. The molecule has 1 aliphatic rings. The van der Waals surface area contributed by atoms with Crippen molar-refractivity contribution in [2.45, 2.75) is 11.7 Å². The van der Waals surface area contributed by atoms with Crippen LogP contribution in [0.3, 0.4) is 0 Å². The zero-order valence-corrected chi connectivity index (χ0v) is 16.9. The van der Waals surface area contributed by atoms with Gasteiger partial charge in [0, 0.05) is 36.7 Å². The summed E-state index contributed by atoms with van der Waals surface area (Å²) < 4.78 is 29.3. The molecule has 28 heavy (non-hydrogen) atoms. The summed E-state index contributed by atoms with van der Waals surface area (Å²) in [5.41, 5.74) is 1.69. The standard InChI is InChI=1S/C20H19F2N3OS2/c1-24-17(12-16(23-24)19-3-2-9-27-19)20(26)25-7-6-18(28-10-8-25)14-11-13(21)4-5-15(14)22/h2-5,9,11-12,18H,6-8,10H2,1H3/t18-/m1/s1. The summed E-state index contributed by atoms with van der Waals surface area (Å²) in [6.07, 6.45) is 0.576. The highest BCUT2D eigenvalue weighted by molar-refractivity contribution is 7.99. The first-order valence-corrected chi connectivity index (χ1v) is 10.9. The number of carbonyl (C=O) groups excluding carboxylic acids is 1. The third-order valence-electron chi connectivity index (χ3n) is 4.81. The molecule has 1 amide bonds. The molecule has 0 spiro atoms. The first-order chi connectivity index (χ1) is 13.5. The Bertz CT molecular complexity index is 988. The topological polar surface area (TPSA) is 38.1 Å². The Labute approximate surface area is 170 Å². The lowest BCUT2D eigenvalue weighted by atomic mass is 10.1. The van der Waals surface area contributed by atoms with Gasteiger partial charge in [-0.25, -0.2) is 8.78 Å². The van der Waals surface area contributed by atoms with Crippen LogP contribution < -0.4 is 0 Å². The van der Waals surface area contributed by atoms with Gasteiger partial charge in [0.2, 0.25) is 0 Å². The summed E-state index contributed by atoms with van der Waals surface area (Å²) in [6, 6.07) is 9.30. The number of aromatic nitrogens is 2. The molecule has 0 aliphatic carbocycles. The lowest BCUT2D eigenvalue weighted by molar-refractivity contribution is 0.0755. The Morgan fingerprint density at radius 2 is 2.07 bits per heavy atom. The van der Waals surface area contributed by atoms with E-state index in [4.69, 9.17) is 0 Å². The fourth-order valence-electron chi connectivity index (χ4n) is 3.36. The number of aryl methyl sites for hydroxylation is 1. The molecule has 0 unspecified atom stereocenters. The van der Waals surface area contributed by atoms with E-state index in [1.54, 1.807) is 39.7 Å². The number of benzene rings is 1. The van der Waals surface area contributed by atoms with Crippen LogP contribution >= 0.6 is 23.1 Å². The fourth-order valence-corrected chi connectivity index (χ4v) is 5.28. The monoisotopic (exact) mass is 419 g/mol. The first-order valence-electron chi connectivity index (χ1n) is 8.96. The molecule has 3 heterocycles. The second-order valence-corrected chi connectivity index (χ2v) is 8.88. The second kappa shape index (κ2) is 8.05. The van der Waals surface area contributed by atoms with Crippen molar-refractivity contribution in [3.63, 3.8) is 0 Å². The Morgan fingerprint density at radius 1 is 1.21 bits per heavy atom. The van der Waals surface area contributed by atoms with Gasteiger partial charge in [0.1, 0.15) is 23.0 Å². The van der Waals surface area contributed by atoms with E-state index < -0.39 is 11.6 Å². The van der Waals surface area contributed by atoms with Gasteiger partial charge in [0.05, 0.1) is 4.88 Å². The van der Waals surface area contributed by atoms with Crippen LogP contribution in [0.25, 0.3) is 10.6 Å². The Kier molecular flexibility index (Phi) is 5.50. The molecule has 0 bridgehead atoms. The maximum Gasteiger partial charge on any atom is 0.272 e. The van der Waals surface area contributed by atoms with Crippen molar-refractivity contribution in [3.05, 3.63) is 64.7 Å². The lowest BCUT2D eigenvalue weighted by Gasteiger charge is -2.20. The number of rotatable bonds is 3. The van der Waals surface area contributed by atoms with E-state index in [-0.39, 0.29) is 11.2 Å². The van der Waals surface area contributed by atoms with Crippen molar-refractivity contribution in [3.8, 4) is 10.6 Å². The third kappa shape index (κ3) is 3.84. The van der Waals surface area contributed by atoms with Gasteiger partial charge in [-0.3, -0.25) is 9.48 Å². The zero-order valence-electron chi connectivity index (χ0n) is 15.3. The summed E-state index contributed by atoms with van der Waals surface area (Å²) in [4.78, 5) is 15.8. The average molecular weight is 420 g/mol. The van der Waals surface area contributed by atoms with Gasteiger partial charge in [-0.1, -0.05) is 6.07 Å². The Hall–Kier alpha value is -2.19. The van der Waals surface area contributed by atoms with E-state index in [1.807, 2.05) is 23.6 Å². The molecular formula is C20H19F2N3OS2. The van der Waals surface area contributed by atoms with Crippen LogP contribution in [0.5, 0.6) is 0 Å². The van der Waals surface area contributed by atoms with E-state index >= 15 is 0 Å². The maximum absolute atomic E-state index is 14.1. The van der Waals surface area contributed by atoms with E-state index in [0.29, 0.717) is 36.5 Å². The minimum absolute atomic E-state index is 0.0845. The van der Waals surface area contributed by atoms with Gasteiger partial charge in [0.15, 0.2) is 0 Å². The number of amides is 1. The number of carbonyl (C=O) groups is 1. The third-order valence-corrected chi connectivity index (χ3v) is 7.01. The molecule has 1 aromatic carbocycles. The van der Waals surface area contributed by atoms with Crippen LogP contribution in [0, 0.1) is 11.6 Å². The number of hydrogen-bond donors (Lipinski definition) is 0. The molecule has 0 N–H and O–H groups in total. The molecule has 1 atom stereocenters. The van der Waals surface area contributed by atoms with Crippen molar-refractivity contribution >= 4 is 29.0 Å². The molecule has 0 saturated carbocycles. The molecule has 1 fully saturated rings. The van der Waals surface area contributed by atoms with Crippen LogP contribution in [0.15, 0.2) is 41.8 Å². The largest absolute Gasteiger partial charge is 0.336 e. The molecule has 2 aromatic heterocycles. The minimum Gasteiger partial charge on any atom is -0.336 e. The molecule has 1 aliphatic heterocycles. The first kappa shape index (κ1) is 19.1. The summed E-state index contributed by atoms with van der Waals surface area (Å²) in [7, 11) is 1.77. The summed E-state index contributed by atoms with van der Waals surface area (Å²) >= 11 is 3.14. The van der Waals surface area contributed by atoms with E-state index in [9.17, 15) is 13.6 Å². The number of halogens is 2. The van der Waals surface area contributed by atoms with Gasteiger partial charge in [0.25, 0.3) is 5.91 Å². The van der Waals surface area contributed by atoms with Crippen LogP contribution in [0.2, 0.25) is 0 Å². The van der Waals surface area contributed by atoms with Crippen LogP contribution in [-0.2, 0) is 7.05 Å². The smallest absolute Gasteiger partial charge is 0.272 e. The molecule has 3 aromatic rings. The highest BCUT2D eigenvalue weighted by Crippen LogP contribution is 2.36. The van der Waals surface area contributed by atoms with Crippen molar-refractivity contribution in [2.24, 2.45) is 7.05 Å². The Balaban J connectivity index is 1.50. The van der Waals surface area contributed by atoms with Crippen LogP contribution in [0.1, 0.15) is 27.7 Å². The van der Waals surface area contributed by atoms with E-state index in [0.717, 1.165) is 16.6 Å². The van der Waals surface area contributed by atoms with Gasteiger partial charge in [-0.15, -0.1) is 11.3 Å². The highest BCUT2D eigenvalue weighted by atomic mass is 32.2. The summed E-state index contributed by atoms with van der Waals surface area (Å²) in [6.45, 7) is 1.06. The molecule has 4 rings (SSSR count). The van der Waals surface area contributed by atoms with Crippen molar-refractivity contribution in [1.82, 2.24) is 14.7 Å². The van der Waals surface area contributed by atoms with Gasteiger partial charge < -0.3 is 4.90 Å². The molecule has 4 nitrogen and oxygen atoms in total. The number of nitrogens with zero attached hydrogens (tertiary/aromatic N) is 3. The van der Waals surface area contributed by atoms with Crippen molar-refractivity contribution in [1.29, 1.82) is 0 Å². The highest BCUT2D eigenvalue weighted by Gasteiger charge is 2.26. The second-order valence-electron chi connectivity index (χ2n) is 6.62. The minimum atomic E-state index is -0.440. The molecule has 8 heteroatoms. The van der Waals surface area contributed by atoms with Gasteiger partial charge in [-0.05, 0) is 42.1 Å². The quantitative estimate of drug-likeness (QED) is 0.615. The molecule has 0 radical (unpaired) electrons. The average Bonchev–Trinajstić information content (AvgIpc) is 3.27. The van der Waals surface area contributed by atoms with E-state index in [1.165, 1.54) is 12.1 Å². The van der Waals surface area contributed by atoms with Gasteiger partial charge >= 0.3 is 0 Å². The Morgan fingerprint density at radius 3 is 2.86 bits per heavy atom.